The summed E-state index contributed by atoms with van der Waals surface area (Å²) in [5.41, 5.74) is 2.37. The number of carbonyl (C=O) groups excluding carboxylic acids is 2. The summed E-state index contributed by atoms with van der Waals surface area (Å²) >= 11 is 0. The highest BCUT2D eigenvalue weighted by Gasteiger charge is 2.05. The monoisotopic (exact) mass is 271 g/mol. The van der Waals surface area contributed by atoms with Crippen LogP contribution < -0.4 is 5.32 Å². The first-order valence-electron chi connectivity index (χ1n) is 6.43. The quantitative estimate of drug-likeness (QED) is 0.848. The van der Waals surface area contributed by atoms with Crippen LogP contribution in [0.1, 0.15) is 29.3 Å². The van der Waals surface area contributed by atoms with E-state index in [2.05, 4.69) is 10.4 Å². The molecule has 0 bridgehead atoms. The molecule has 104 valence electrons. The molecule has 0 fully saturated rings. The lowest BCUT2D eigenvalue weighted by Crippen LogP contribution is -2.12. The zero-order valence-electron chi connectivity index (χ0n) is 11.6. The molecule has 0 radical (unpaired) electrons. The molecule has 1 aromatic heterocycles. The smallest absolute Gasteiger partial charge is 0.224 e. The van der Waals surface area contributed by atoms with Crippen LogP contribution >= 0.6 is 0 Å². The molecule has 0 saturated heterocycles. The molecule has 1 heterocycles. The van der Waals surface area contributed by atoms with Gasteiger partial charge in [0.05, 0.1) is 6.20 Å². The summed E-state index contributed by atoms with van der Waals surface area (Å²) in [6, 6.07) is 6.88. The molecule has 0 spiro atoms. The van der Waals surface area contributed by atoms with Crippen molar-refractivity contribution in [3.63, 3.8) is 0 Å². The van der Waals surface area contributed by atoms with Crippen LogP contribution in [0.4, 0.5) is 5.69 Å². The van der Waals surface area contributed by atoms with E-state index in [0.29, 0.717) is 24.1 Å². The lowest BCUT2D eigenvalue weighted by molar-refractivity contribution is -0.116. The lowest BCUT2D eigenvalue weighted by Gasteiger charge is -2.05. The fourth-order valence-electron chi connectivity index (χ4n) is 1.87. The van der Waals surface area contributed by atoms with Crippen molar-refractivity contribution in [2.75, 3.05) is 5.32 Å². The number of aromatic nitrogens is 2. The first-order valence-corrected chi connectivity index (χ1v) is 6.43. The zero-order valence-corrected chi connectivity index (χ0v) is 11.6. The summed E-state index contributed by atoms with van der Waals surface area (Å²) in [6.07, 6.45) is 4.72. The molecule has 2 aromatic rings. The van der Waals surface area contributed by atoms with Gasteiger partial charge in [-0.3, -0.25) is 14.3 Å². The van der Waals surface area contributed by atoms with Crippen molar-refractivity contribution in [2.45, 2.75) is 19.8 Å². The van der Waals surface area contributed by atoms with Crippen molar-refractivity contribution in [1.29, 1.82) is 0 Å². The van der Waals surface area contributed by atoms with E-state index >= 15 is 0 Å². The predicted octanol–water partition coefficient (Wildman–Crippen LogP) is 2.19. The van der Waals surface area contributed by atoms with Crippen LogP contribution in [0.25, 0.3) is 0 Å². The summed E-state index contributed by atoms with van der Waals surface area (Å²) in [5, 5.41) is 6.87. The number of anilines is 1. The van der Waals surface area contributed by atoms with Gasteiger partial charge in [-0.2, -0.15) is 5.10 Å². The molecule has 0 atom stereocenters. The molecule has 0 aliphatic rings. The van der Waals surface area contributed by atoms with Crippen molar-refractivity contribution in [1.82, 2.24) is 9.78 Å². The Hall–Kier alpha value is -2.43. The molecule has 20 heavy (non-hydrogen) atoms. The number of amides is 1. The number of rotatable bonds is 5. The van der Waals surface area contributed by atoms with Gasteiger partial charge in [-0.25, -0.2) is 0 Å². The van der Waals surface area contributed by atoms with Gasteiger partial charge >= 0.3 is 0 Å². The highest BCUT2D eigenvalue weighted by molar-refractivity contribution is 5.95. The van der Waals surface area contributed by atoms with Crippen molar-refractivity contribution < 1.29 is 9.59 Å². The number of nitrogens with zero attached hydrogens (tertiary/aromatic N) is 2. The minimum absolute atomic E-state index is 0.0134. The Morgan fingerprint density at radius 2 is 1.95 bits per heavy atom. The lowest BCUT2D eigenvalue weighted by atomic mass is 10.1. The fraction of sp³-hybridized carbons (Fsp3) is 0.267. The topological polar surface area (TPSA) is 64.0 Å². The molecule has 1 aromatic carbocycles. The maximum Gasteiger partial charge on any atom is 0.224 e. The van der Waals surface area contributed by atoms with E-state index in [4.69, 9.17) is 0 Å². The van der Waals surface area contributed by atoms with Crippen LogP contribution in [0, 0.1) is 0 Å². The third-order valence-electron chi connectivity index (χ3n) is 2.97. The highest BCUT2D eigenvalue weighted by atomic mass is 16.1. The molecule has 1 amide bonds. The van der Waals surface area contributed by atoms with Gasteiger partial charge in [0.25, 0.3) is 0 Å². The van der Waals surface area contributed by atoms with Crippen LogP contribution in [0.15, 0.2) is 36.7 Å². The molecule has 0 saturated carbocycles. The molecule has 0 aliphatic carbocycles. The minimum Gasteiger partial charge on any atom is -0.326 e. The van der Waals surface area contributed by atoms with E-state index in [9.17, 15) is 9.59 Å². The predicted molar refractivity (Wildman–Crippen MR) is 76.6 cm³/mol. The molecular weight excluding hydrogens is 254 g/mol. The number of benzene rings is 1. The number of nitrogens with one attached hydrogen (secondary N) is 1. The maximum atomic E-state index is 11.8. The Kier molecular flexibility index (Phi) is 4.30. The number of carbonyl (C=O) groups is 2. The Balaban J connectivity index is 1.86. The van der Waals surface area contributed by atoms with Gasteiger partial charge in [0.15, 0.2) is 5.78 Å². The first-order chi connectivity index (χ1) is 9.54. The average molecular weight is 271 g/mol. The summed E-state index contributed by atoms with van der Waals surface area (Å²) < 4.78 is 1.72. The standard InChI is InChI=1S/C15H17N3O2/c1-11(19)13-4-6-14(7-5-13)17-15(20)8-3-12-9-16-18(2)10-12/h4-7,9-10H,3,8H2,1-2H3,(H,17,20). The van der Waals surface area contributed by atoms with E-state index in [1.807, 2.05) is 13.2 Å². The van der Waals surface area contributed by atoms with E-state index in [1.54, 1.807) is 35.1 Å². The van der Waals surface area contributed by atoms with Crippen LogP contribution in [0.2, 0.25) is 0 Å². The van der Waals surface area contributed by atoms with Crippen molar-refractivity contribution >= 4 is 17.4 Å². The van der Waals surface area contributed by atoms with Gasteiger partial charge in [-0.1, -0.05) is 0 Å². The molecule has 0 aliphatic heterocycles. The third kappa shape index (κ3) is 3.78. The largest absolute Gasteiger partial charge is 0.326 e. The van der Waals surface area contributed by atoms with Crippen LogP contribution in [-0.4, -0.2) is 21.5 Å². The van der Waals surface area contributed by atoms with Crippen LogP contribution in [0.3, 0.4) is 0 Å². The number of hydrogen-bond acceptors (Lipinski definition) is 3. The van der Waals surface area contributed by atoms with Crippen LogP contribution in [0.5, 0.6) is 0 Å². The number of ketones is 1. The van der Waals surface area contributed by atoms with Gasteiger partial charge in [0.2, 0.25) is 5.91 Å². The average Bonchev–Trinajstić information content (AvgIpc) is 2.83. The Morgan fingerprint density at radius 1 is 1.25 bits per heavy atom. The maximum absolute atomic E-state index is 11.8. The van der Waals surface area contributed by atoms with Crippen LogP contribution in [-0.2, 0) is 18.3 Å². The normalized spacial score (nSPS) is 10.3. The van der Waals surface area contributed by atoms with Crippen molar-refractivity contribution in [2.24, 2.45) is 7.05 Å². The van der Waals surface area contributed by atoms with Gasteiger partial charge in [0, 0.05) is 30.9 Å². The third-order valence-corrected chi connectivity index (χ3v) is 2.97. The minimum atomic E-state index is -0.0515. The number of aryl methyl sites for hydroxylation is 2. The second kappa shape index (κ2) is 6.14. The van der Waals surface area contributed by atoms with Gasteiger partial charge in [-0.05, 0) is 43.2 Å². The molecule has 2 rings (SSSR count). The van der Waals surface area contributed by atoms with Gasteiger partial charge in [0.1, 0.15) is 0 Å². The summed E-state index contributed by atoms with van der Waals surface area (Å²) in [5.74, 6) is -0.0381. The Labute approximate surface area is 117 Å². The summed E-state index contributed by atoms with van der Waals surface area (Å²) in [7, 11) is 1.85. The summed E-state index contributed by atoms with van der Waals surface area (Å²) in [4.78, 5) is 23.0. The molecule has 5 heteroatoms. The number of Topliss-reactive ketones (excluding diaryl/α,β-unsaturated/α-hetero) is 1. The van der Waals surface area contributed by atoms with Crippen molar-refractivity contribution in [3.05, 3.63) is 47.8 Å². The zero-order chi connectivity index (χ0) is 14.5. The SMILES string of the molecule is CC(=O)c1ccc(NC(=O)CCc2cnn(C)c2)cc1. The van der Waals surface area contributed by atoms with Gasteiger partial charge in [-0.15, -0.1) is 0 Å². The second-order valence-corrected chi connectivity index (χ2v) is 4.70. The molecule has 1 N–H and O–H groups in total. The first kappa shape index (κ1) is 14.0. The number of hydrogen-bond donors (Lipinski definition) is 1. The Bertz CT molecular complexity index is 614. The summed E-state index contributed by atoms with van der Waals surface area (Å²) in [6.45, 7) is 1.52. The van der Waals surface area contributed by atoms with E-state index in [1.165, 1.54) is 6.92 Å². The molecular formula is C15H17N3O2. The van der Waals surface area contributed by atoms with E-state index in [0.717, 1.165) is 5.56 Å². The van der Waals surface area contributed by atoms with Crippen molar-refractivity contribution in [3.8, 4) is 0 Å². The Morgan fingerprint density at radius 3 is 2.50 bits per heavy atom. The molecule has 0 unspecified atom stereocenters. The molecule has 5 nitrogen and oxygen atoms in total. The van der Waals surface area contributed by atoms with E-state index < -0.39 is 0 Å². The fourth-order valence-corrected chi connectivity index (χ4v) is 1.87. The second-order valence-electron chi connectivity index (χ2n) is 4.70. The van der Waals surface area contributed by atoms with E-state index in [-0.39, 0.29) is 11.7 Å². The van der Waals surface area contributed by atoms with Gasteiger partial charge < -0.3 is 5.32 Å². The highest BCUT2D eigenvalue weighted by Crippen LogP contribution is 2.11.